The van der Waals surface area contributed by atoms with Crippen LogP contribution in [-0.4, -0.2) is 28.4 Å². The number of carbonyl (C=O) groups is 2. The lowest BCUT2D eigenvalue weighted by atomic mass is 9.95. The van der Waals surface area contributed by atoms with Crippen LogP contribution < -0.4 is 4.74 Å². The second-order valence-electron chi connectivity index (χ2n) is 8.15. The number of carboxylic acid groups (broad SMARTS) is 1. The summed E-state index contributed by atoms with van der Waals surface area (Å²) in [7, 11) is 0. The number of aromatic nitrogens is 1. The van der Waals surface area contributed by atoms with Crippen LogP contribution in [0.25, 0.3) is 10.9 Å². The largest absolute Gasteiger partial charge is 0.493 e. The van der Waals surface area contributed by atoms with Crippen LogP contribution in [0.1, 0.15) is 46.1 Å². The maximum absolute atomic E-state index is 12.9. The summed E-state index contributed by atoms with van der Waals surface area (Å²) in [5.41, 5.74) is 5.21. The van der Waals surface area contributed by atoms with Gasteiger partial charge in [0.1, 0.15) is 5.75 Å². The molecule has 0 aliphatic heterocycles. The summed E-state index contributed by atoms with van der Waals surface area (Å²) >= 11 is 0. The monoisotopic (exact) mass is 441 g/mol. The van der Waals surface area contributed by atoms with Crippen molar-refractivity contribution >= 4 is 22.7 Å². The molecule has 33 heavy (non-hydrogen) atoms. The average molecular weight is 442 g/mol. The molecule has 0 unspecified atom stereocenters. The number of ketones is 1. The van der Waals surface area contributed by atoms with Crippen molar-refractivity contribution in [3.8, 4) is 5.75 Å². The first kappa shape index (κ1) is 22.3. The molecule has 0 aliphatic rings. The van der Waals surface area contributed by atoms with Crippen molar-refractivity contribution < 1.29 is 19.4 Å². The van der Waals surface area contributed by atoms with E-state index >= 15 is 0 Å². The number of nitrogens with one attached hydrogen (secondary N) is 1. The molecule has 0 aliphatic carbocycles. The fraction of sp³-hybridized carbons (Fsp3) is 0.214. The third-order valence-electron chi connectivity index (χ3n) is 5.61. The second-order valence-corrected chi connectivity index (χ2v) is 8.15. The van der Waals surface area contributed by atoms with Gasteiger partial charge in [0, 0.05) is 28.8 Å². The lowest BCUT2D eigenvalue weighted by molar-refractivity contribution is -0.136. The summed E-state index contributed by atoms with van der Waals surface area (Å²) in [6.07, 6.45) is 2.46. The Morgan fingerprint density at radius 2 is 1.76 bits per heavy atom. The molecule has 0 atom stereocenters. The predicted molar refractivity (Wildman–Crippen MR) is 129 cm³/mol. The zero-order valence-electron chi connectivity index (χ0n) is 18.6. The second kappa shape index (κ2) is 10.2. The maximum Gasteiger partial charge on any atom is 0.307 e. The Kier molecular flexibility index (Phi) is 6.89. The summed E-state index contributed by atoms with van der Waals surface area (Å²) < 4.78 is 6.00. The molecule has 0 spiro atoms. The summed E-state index contributed by atoms with van der Waals surface area (Å²) in [6, 6.07) is 22.7. The number of aromatic amines is 1. The van der Waals surface area contributed by atoms with E-state index in [1.165, 1.54) is 0 Å². The Bertz CT molecular complexity index is 1270. The molecule has 0 radical (unpaired) electrons. The number of rotatable bonds is 10. The van der Waals surface area contributed by atoms with E-state index in [0.717, 1.165) is 51.9 Å². The van der Waals surface area contributed by atoms with Gasteiger partial charge in [-0.3, -0.25) is 9.59 Å². The average Bonchev–Trinajstić information content (AvgIpc) is 3.21. The molecule has 3 aromatic carbocycles. The van der Waals surface area contributed by atoms with E-state index < -0.39 is 5.97 Å². The lowest BCUT2D eigenvalue weighted by Gasteiger charge is -2.12. The molecule has 0 bridgehead atoms. The molecular weight excluding hydrogens is 414 g/mol. The van der Waals surface area contributed by atoms with Gasteiger partial charge in [0.15, 0.2) is 5.78 Å². The predicted octanol–water partition coefficient (Wildman–Crippen LogP) is 5.60. The summed E-state index contributed by atoms with van der Waals surface area (Å²) in [5, 5.41) is 9.98. The zero-order valence-corrected chi connectivity index (χ0v) is 18.6. The van der Waals surface area contributed by atoms with Gasteiger partial charge < -0.3 is 14.8 Å². The first-order valence-corrected chi connectivity index (χ1v) is 11.2. The lowest BCUT2D eigenvalue weighted by Crippen LogP contribution is -2.07. The van der Waals surface area contributed by atoms with E-state index in [-0.39, 0.29) is 12.2 Å². The fourth-order valence-corrected chi connectivity index (χ4v) is 4.04. The quantitative estimate of drug-likeness (QED) is 0.314. The number of benzene rings is 3. The zero-order chi connectivity index (χ0) is 23.2. The van der Waals surface area contributed by atoms with Crippen LogP contribution in [0.4, 0.5) is 0 Å². The number of hydrogen-bond donors (Lipinski definition) is 2. The molecular formula is C28H27NO4. The van der Waals surface area contributed by atoms with Gasteiger partial charge in [-0.05, 0) is 59.3 Å². The Morgan fingerprint density at radius 3 is 2.52 bits per heavy atom. The van der Waals surface area contributed by atoms with Crippen molar-refractivity contribution in [3.63, 3.8) is 0 Å². The highest BCUT2D eigenvalue weighted by atomic mass is 16.5. The van der Waals surface area contributed by atoms with E-state index in [1.54, 1.807) is 0 Å². The van der Waals surface area contributed by atoms with Crippen LogP contribution in [0.2, 0.25) is 0 Å². The van der Waals surface area contributed by atoms with E-state index in [1.807, 2.05) is 72.8 Å². The van der Waals surface area contributed by atoms with Gasteiger partial charge in [0.2, 0.25) is 0 Å². The molecule has 0 saturated carbocycles. The number of ether oxygens (including phenoxy) is 1. The molecule has 1 heterocycles. The third-order valence-corrected chi connectivity index (χ3v) is 5.61. The molecule has 0 fully saturated rings. The topological polar surface area (TPSA) is 79.4 Å². The Hall–Kier alpha value is -3.86. The highest BCUT2D eigenvalue weighted by Gasteiger charge is 2.14. The van der Waals surface area contributed by atoms with Gasteiger partial charge >= 0.3 is 5.97 Å². The Labute approximate surface area is 193 Å². The molecule has 1 aromatic heterocycles. The molecule has 5 heteroatoms. The summed E-state index contributed by atoms with van der Waals surface area (Å²) in [4.78, 5) is 27.2. The SMILES string of the molecule is CCCc1cc(OCCc2cc3cc(CC(=O)O)ccc3[nH]2)ccc1C(=O)c1ccccc1. The van der Waals surface area contributed by atoms with Gasteiger partial charge in [-0.25, -0.2) is 0 Å². The van der Waals surface area contributed by atoms with Crippen LogP contribution >= 0.6 is 0 Å². The van der Waals surface area contributed by atoms with Crippen LogP contribution in [0.3, 0.4) is 0 Å². The number of carbonyl (C=O) groups excluding carboxylic acids is 1. The van der Waals surface area contributed by atoms with Gasteiger partial charge in [-0.2, -0.15) is 0 Å². The van der Waals surface area contributed by atoms with Gasteiger partial charge in [0.25, 0.3) is 0 Å². The Morgan fingerprint density at radius 1 is 0.939 bits per heavy atom. The van der Waals surface area contributed by atoms with Crippen molar-refractivity contribution in [1.29, 1.82) is 0 Å². The fourth-order valence-electron chi connectivity index (χ4n) is 4.04. The van der Waals surface area contributed by atoms with E-state index in [9.17, 15) is 9.59 Å². The minimum Gasteiger partial charge on any atom is -0.493 e. The van der Waals surface area contributed by atoms with Crippen molar-refractivity contribution in [2.24, 2.45) is 0 Å². The van der Waals surface area contributed by atoms with E-state index in [2.05, 4.69) is 11.9 Å². The molecule has 2 N–H and O–H groups in total. The minimum absolute atomic E-state index is 0.0163. The van der Waals surface area contributed by atoms with Crippen LogP contribution in [0.15, 0.2) is 72.8 Å². The number of H-pyrrole nitrogens is 1. The molecule has 168 valence electrons. The Balaban J connectivity index is 1.43. The normalized spacial score (nSPS) is 10.9. The van der Waals surface area contributed by atoms with Crippen molar-refractivity contribution in [1.82, 2.24) is 4.98 Å². The summed E-state index contributed by atoms with van der Waals surface area (Å²) in [5.74, 6) is -0.0497. The molecule has 5 nitrogen and oxygen atoms in total. The van der Waals surface area contributed by atoms with Crippen molar-refractivity contribution in [2.75, 3.05) is 6.61 Å². The van der Waals surface area contributed by atoms with Crippen LogP contribution in [0, 0.1) is 0 Å². The number of aryl methyl sites for hydroxylation is 1. The van der Waals surface area contributed by atoms with E-state index in [0.29, 0.717) is 18.6 Å². The van der Waals surface area contributed by atoms with Crippen molar-refractivity contribution in [2.45, 2.75) is 32.6 Å². The van der Waals surface area contributed by atoms with Gasteiger partial charge in [0.05, 0.1) is 13.0 Å². The minimum atomic E-state index is -0.836. The highest BCUT2D eigenvalue weighted by molar-refractivity contribution is 6.10. The summed E-state index contributed by atoms with van der Waals surface area (Å²) in [6.45, 7) is 2.59. The number of fused-ring (bicyclic) bond motifs is 1. The van der Waals surface area contributed by atoms with Crippen LogP contribution in [0.5, 0.6) is 5.75 Å². The van der Waals surface area contributed by atoms with Gasteiger partial charge in [-0.1, -0.05) is 49.7 Å². The number of aliphatic carboxylic acids is 1. The maximum atomic E-state index is 12.9. The highest BCUT2D eigenvalue weighted by Crippen LogP contribution is 2.23. The molecule has 4 rings (SSSR count). The van der Waals surface area contributed by atoms with Crippen LogP contribution in [-0.2, 0) is 24.1 Å². The smallest absolute Gasteiger partial charge is 0.307 e. The van der Waals surface area contributed by atoms with Gasteiger partial charge in [-0.15, -0.1) is 0 Å². The molecule has 4 aromatic rings. The van der Waals surface area contributed by atoms with Crippen molar-refractivity contribution in [3.05, 3.63) is 101 Å². The molecule has 0 saturated heterocycles. The third kappa shape index (κ3) is 5.50. The van der Waals surface area contributed by atoms with E-state index in [4.69, 9.17) is 9.84 Å². The first-order chi connectivity index (χ1) is 16.0. The number of hydrogen-bond acceptors (Lipinski definition) is 3. The number of carboxylic acids is 1. The standard InChI is InChI=1S/C28H27NO4/c1-2-6-21-18-24(10-11-25(21)28(32)20-7-4-3-5-8-20)33-14-13-23-17-22-15-19(16-27(30)31)9-12-26(22)29-23/h3-5,7-12,15,17-18,29H,2,6,13-14,16H2,1H3,(H,30,31). The first-order valence-electron chi connectivity index (χ1n) is 11.2. The molecule has 0 amide bonds.